The molecule has 0 radical (unpaired) electrons. The average molecular weight is 329 g/mol. The molecule has 0 aromatic heterocycles. The first kappa shape index (κ1) is 17.9. The molecule has 0 spiro atoms. The Kier molecular flexibility index (Phi) is 6.25. The second-order valence-corrected chi connectivity index (χ2v) is 5.88. The van der Waals surface area contributed by atoms with Crippen LogP contribution in [0.2, 0.25) is 0 Å². The summed E-state index contributed by atoms with van der Waals surface area (Å²) in [5.41, 5.74) is 1.40. The summed E-state index contributed by atoms with van der Waals surface area (Å²) in [7, 11) is 0. The molecule has 1 unspecified atom stereocenters. The molecule has 128 valence electrons. The van der Waals surface area contributed by atoms with E-state index in [0.29, 0.717) is 11.5 Å². The van der Waals surface area contributed by atoms with Gasteiger partial charge in [0.05, 0.1) is 0 Å². The van der Waals surface area contributed by atoms with E-state index in [1.54, 1.807) is 12.1 Å². The molecule has 0 saturated heterocycles. The van der Waals surface area contributed by atoms with E-state index in [1.807, 2.05) is 6.07 Å². The molecule has 1 N–H and O–H groups in total. The third-order valence-electron chi connectivity index (χ3n) is 4.32. The third-order valence-corrected chi connectivity index (χ3v) is 4.32. The zero-order valence-electron chi connectivity index (χ0n) is 14.2. The standard InChI is InChI=1S/C19H23NO4/c1-3-5-6-7-13(4-2)17-14(10-15(11-20)19(21)22)8-9-16-18(17)24-12-23-16/h8-10,13H,3-7,12H2,1-2H3,(H,21,22)/b15-10+. The number of fused-ring (bicyclic) bond motifs is 1. The number of carboxylic acid groups (broad SMARTS) is 1. The molecule has 5 heteroatoms. The van der Waals surface area contributed by atoms with Gasteiger partial charge in [-0.15, -0.1) is 0 Å². The first-order chi connectivity index (χ1) is 11.6. The number of ether oxygens (including phenoxy) is 2. The number of nitrogens with zero attached hydrogens (tertiary/aromatic N) is 1. The van der Waals surface area contributed by atoms with Crippen molar-refractivity contribution in [2.24, 2.45) is 0 Å². The van der Waals surface area contributed by atoms with Crippen LogP contribution in [0, 0.1) is 11.3 Å². The van der Waals surface area contributed by atoms with Crippen molar-refractivity contribution >= 4 is 12.0 Å². The van der Waals surface area contributed by atoms with Crippen LogP contribution in [0.3, 0.4) is 0 Å². The van der Waals surface area contributed by atoms with Gasteiger partial charge in [-0.25, -0.2) is 4.79 Å². The van der Waals surface area contributed by atoms with Crippen molar-refractivity contribution in [3.63, 3.8) is 0 Å². The fourth-order valence-corrected chi connectivity index (χ4v) is 3.05. The van der Waals surface area contributed by atoms with Gasteiger partial charge in [0, 0.05) is 5.56 Å². The second-order valence-electron chi connectivity index (χ2n) is 5.88. The minimum atomic E-state index is -1.22. The quantitative estimate of drug-likeness (QED) is 0.432. The first-order valence-corrected chi connectivity index (χ1v) is 8.39. The fraction of sp³-hybridized carbons (Fsp3) is 0.474. The Balaban J connectivity index is 2.48. The Morgan fingerprint density at radius 1 is 1.38 bits per heavy atom. The molecular weight excluding hydrogens is 306 g/mol. The van der Waals surface area contributed by atoms with E-state index < -0.39 is 5.97 Å². The molecule has 5 nitrogen and oxygen atoms in total. The summed E-state index contributed by atoms with van der Waals surface area (Å²) >= 11 is 0. The molecule has 1 aliphatic heterocycles. The van der Waals surface area contributed by atoms with Crippen molar-refractivity contribution in [2.75, 3.05) is 6.79 Å². The van der Waals surface area contributed by atoms with Gasteiger partial charge in [-0.3, -0.25) is 0 Å². The van der Waals surface area contributed by atoms with E-state index in [0.717, 1.165) is 43.2 Å². The Bertz CT molecular complexity index is 673. The predicted octanol–water partition coefficient (Wildman–Crippen LogP) is 4.48. The van der Waals surface area contributed by atoms with Crippen molar-refractivity contribution in [1.82, 2.24) is 0 Å². The number of hydrogen-bond donors (Lipinski definition) is 1. The highest BCUT2D eigenvalue weighted by Crippen LogP contribution is 2.44. The van der Waals surface area contributed by atoms with E-state index in [-0.39, 0.29) is 18.3 Å². The van der Waals surface area contributed by atoms with Gasteiger partial charge in [0.25, 0.3) is 0 Å². The monoisotopic (exact) mass is 329 g/mol. The van der Waals surface area contributed by atoms with Gasteiger partial charge in [-0.1, -0.05) is 39.2 Å². The zero-order chi connectivity index (χ0) is 17.5. The lowest BCUT2D eigenvalue weighted by molar-refractivity contribution is -0.132. The van der Waals surface area contributed by atoms with Crippen LogP contribution < -0.4 is 9.47 Å². The number of unbranched alkanes of at least 4 members (excludes halogenated alkanes) is 2. The summed E-state index contributed by atoms with van der Waals surface area (Å²) in [5.74, 6) is 0.396. The van der Waals surface area contributed by atoms with Crippen LogP contribution in [0.15, 0.2) is 17.7 Å². The van der Waals surface area contributed by atoms with Crippen molar-refractivity contribution in [3.05, 3.63) is 28.8 Å². The van der Waals surface area contributed by atoms with E-state index in [4.69, 9.17) is 19.8 Å². The molecule has 1 atom stereocenters. The summed E-state index contributed by atoms with van der Waals surface area (Å²) < 4.78 is 11.1. The molecule has 1 aromatic rings. The minimum Gasteiger partial charge on any atom is -0.477 e. The SMILES string of the molecule is CCCCCC(CC)c1c(/C=C(\C#N)C(=O)O)ccc2c1OCO2. The van der Waals surface area contributed by atoms with Crippen LogP contribution in [-0.4, -0.2) is 17.9 Å². The maximum atomic E-state index is 11.2. The molecule has 1 aliphatic rings. The van der Waals surface area contributed by atoms with Crippen molar-refractivity contribution in [2.45, 2.75) is 51.9 Å². The molecule has 0 aliphatic carbocycles. The Labute approximate surface area is 142 Å². The predicted molar refractivity (Wildman–Crippen MR) is 91.0 cm³/mol. The van der Waals surface area contributed by atoms with E-state index in [1.165, 1.54) is 6.08 Å². The third kappa shape index (κ3) is 3.88. The second kappa shape index (κ2) is 8.39. The molecule has 0 bridgehead atoms. The topological polar surface area (TPSA) is 79.6 Å². The average Bonchev–Trinajstić information content (AvgIpc) is 3.05. The lowest BCUT2D eigenvalue weighted by Gasteiger charge is -2.20. The summed E-state index contributed by atoms with van der Waals surface area (Å²) in [6.07, 6.45) is 6.76. The van der Waals surface area contributed by atoms with Crippen molar-refractivity contribution in [3.8, 4) is 17.6 Å². The minimum absolute atomic E-state index is 0.172. The van der Waals surface area contributed by atoms with Gasteiger partial charge >= 0.3 is 5.97 Å². The van der Waals surface area contributed by atoms with Gasteiger partial charge in [0.2, 0.25) is 6.79 Å². The first-order valence-electron chi connectivity index (χ1n) is 8.39. The largest absolute Gasteiger partial charge is 0.477 e. The molecule has 2 rings (SSSR count). The van der Waals surface area contributed by atoms with Crippen molar-refractivity contribution < 1.29 is 19.4 Å². The number of hydrogen-bond acceptors (Lipinski definition) is 4. The van der Waals surface area contributed by atoms with Gasteiger partial charge < -0.3 is 14.6 Å². The smallest absolute Gasteiger partial charge is 0.346 e. The molecule has 0 amide bonds. The number of benzene rings is 1. The number of nitriles is 1. The number of carboxylic acids is 1. The van der Waals surface area contributed by atoms with Crippen LogP contribution in [0.5, 0.6) is 11.5 Å². The highest BCUT2D eigenvalue weighted by atomic mass is 16.7. The summed E-state index contributed by atoms with van der Waals surface area (Å²) in [5, 5.41) is 18.2. The maximum absolute atomic E-state index is 11.2. The van der Waals surface area contributed by atoms with Crippen LogP contribution >= 0.6 is 0 Å². The highest BCUT2D eigenvalue weighted by molar-refractivity contribution is 5.96. The van der Waals surface area contributed by atoms with Crippen molar-refractivity contribution in [1.29, 1.82) is 5.26 Å². The lowest BCUT2D eigenvalue weighted by atomic mass is 9.86. The maximum Gasteiger partial charge on any atom is 0.346 e. The number of carbonyl (C=O) groups is 1. The van der Waals surface area contributed by atoms with Gasteiger partial charge in [0.1, 0.15) is 11.6 Å². The molecule has 0 saturated carbocycles. The summed E-state index contributed by atoms with van der Waals surface area (Å²) in [4.78, 5) is 11.2. The van der Waals surface area contributed by atoms with E-state index in [9.17, 15) is 4.79 Å². The molecule has 1 aromatic carbocycles. The molecule has 0 fully saturated rings. The molecule has 24 heavy (non-hydrogen) atoms. The van der Waals surface area contributed by atoms with Crippen LogP contribution in [0.4, 0.5) is 0 Å². The van der Waals surface area contributed by atoms with E-state index in [2.05, 4.69) is 13.8 Å². The van der Waals surface area contributed by atoms with Crippen LogP contribution in [-0.2, 0) is 4.79 Å². The van der Waals surface area contributed by atoms with Crippen LogP contribution in [0.1, 0.15) is 63.0 Å². The fourth-order valence-electron chi connectivity index (χ4n) is 3.05. The Hall–Kier alpha value is -2.48. The van der Waals surface area contributed by atoms with E-state index >= 15 is 0 Å². The van der Waals surface area contributed by atoms with Gasteiger partial charge in [-0.2, -0.15) is 5.26 Å². The Morgan fingerprint density at radius 3 is 2.79 bits per heavy atom. The van der Waals surface area contributed by atoms with Crippen LogP contribution in [0.25, 0.3) is 6.08 Å². The summed E-state index contributed by atoms with van der Waals surface area (Å²) in [6.45, 7) is 4.45. The van der Waals surface area contributed by atoms with Gasteiger partial charge in [-0.05, 0) is 36.5 Å². The number of rotatable bonds is 8. The highest BCUT2D eigenvalue weighted by Gasteiger charge is 2.25. The zero-order valence-corrected chi connectivity index (χ0v) is 14.2. The van der Waals surface area contributed by atoms with Gasteiger partial charge in [0.15, 0.2) is 11.5 Å². The lowest BCUT2D eigenvalue weighted by Crippen LogP contribution is -2.04. The molecule has 1 heterocycles. The summed E-state index contributed by atoms with van der Waals surface area (Å²) in [6, 6.07) is 5.33. The Morgan fingerprint density at radius 2 is 2.17 bits per heavy atom. The molecular formula is C19H23NO4. The normalized spacial score (nSPS) is 14.3. The number of aliphatic carboxylic acids is 1.